The number of hydrogen-bond donors (Lipinski definition) is 0. The molecule has 2 aliphatic heterocycles. The number of hydrogen-bond acceptors (Lipinski definition) is 5. The van der Waals surface area contributed by atoms with Crippen molar-refractivity contribution in [2.45, 2.75) is 38.1 Å². The Bertz CT molecular complexity index is 629. The maximum atomic E-state index is 12.7. The lowest BCUT2D eigenvalue weighted by atomic mass is 9.86. The van der Waals surface area contributed by atoms with Crippen molar-refractivity contribution in [1.29, 1.82) is 0 Å². The third-order valence-electron chi connectivity index (χ3n) is 5.50. The molecular weight excluding hydrogens is 308 g/mol. The molecule has 0 aromatic carbocycles. The Kier molecular flexibility index (Phi) is 4.62. The van der Waals surface area contributed by atoms with Gasteiger partial charge in [-0.3, -0.25) is 14.5 Å². The molecule has 3 rings (SSSR count). The van der Waals surface area contributed by atoms with Crippen LogP contribution >= 0.6 is 0 Å². The van der Waals surface area contributed by atoms with E-state index in [9.17, 15) is 9.59 Å². The molecule has 1 aromatic heterocycles. The van der Waals surface area contributed by atoms with E-state index in [1.165, 1.54) is 0 Å². The van der Waals surface area contributed by atoms with Crippen LogP contribution < -0.4 is 0 Å². The summed E-state index contributed by atoms with van der Waals surface area (Å²) in [6, 6.07) is 1.81. The highest BCUT2D eigenvalue weighted by atomic mass is 16.5. The first-order valence-corrected chi connectivity index (χ1v) is 8.55. The lowest BCUT2D eigenvalue weighted by Gasteiger charge is -2.49. The van der Waals surface area contributed by atoms with Gasteiger partial charge in [-0.05, 0) is 26.8 Å². The average molecular weight is 334 g/mol. The zero-order valence-corrected chi connectivity index (χ0v) is 14.7. The van der Waals surface area contributed by atoms with Crippen LogP contribution in [0.25, 0.3) is 0 Å². The van der Waals surface area contributed by atoms with Crippen LogP contribution in [0.5, 0.6) is 0 Å². The smallest absolute Gasteiger partial charge is 0.230 e. The van der Waals surface area contributed by atoms with Crippen LogP contribution in [0, 0.1) is 6.92 Å². The molecule has 2 fully saturated rings. The zero-order valence-electron chi connectivity index (χ0n) is 14.7. The van der Waals surface area contributed by atoms with Crippen molar-refractivity contribution < 1.29 is 14.1 Å². The van der Waals surface area contributed by atoms with E-state index in [-0.39, 0.29) is 23.8 Å². The van der Waals surface area contributed by atoms with Gasteiger partial charge >= 0.3 is 0 Å². The highest BCUT2D eigenvalue weighted by Crippen LogP contribution is 2.32. The highest BCUT2D eigenvalue weighted by Gasteiger charge is 2.42. The molecule has 0 bridgehead atoms. The molecule has 2 aliphatic rings. The number of likely N-dealkylation sites (tertiary alicyclic amines) is 1. The number of aromatic nitrogens is 1. The predicted octanol–water partition coefficient (Wildman–Crippen LogP) is 0.681. The van der Waals surface area contributed by atoms with Crippen molar-refractivity contribution in [2.24, 2.45) is 0 Å². The second kappa shape index (κ2) is 6.55. The van der Waals surface area contributed by atoms with Gasteiger partial charge in [-0.15, -0.1) is 0 Å². The third kappa shape index (κ3) is 3.31. The Morgan fingerprint density at radius 1 is 1.29 bits per heavy atom. The fourth-order valence-electron chi connectivity index (χ4n) is 3.73. The van der Waals surface area contributed by atoms with Crippen LogP contribution in [0.3, 0.4) is 0 Å². The molecular formula is C17H26N4O3. The Morgan fingerprint density at radius 3 is 2.79 bits per heavy atom. The molecule has 3 heterocycles. The normalized spacial score (nSPS) is 26.0. The lowest BCUT2D eigenvalue weighted by Crippen LogP contribution is -2.62. The van der Waals surface area contributed by atoms with Gasteiger partial charge in [-0.2, -0.15) is 0 Å². The first-order valence-electron chi connectivity index (χ1n) is 8.55. The molecule has 132 valence electrons. The minimum atomic E-state index is -0.105. The molecule has 0 saturated carbocycles. The summed E-state index contributed by atoms with van der Waals surface area (Å²) in [6.07, 6.45) is 2.50. The minimum Gasteiger partial charge on any atom is -0.361 e. The molecule has 1 spiro atoms. The number of carbonyl (C=O) groups is 2. The van der Waals surface area contributed by atoms with Crippen LogP contribution in [-0.4, -0.2) is 77.5 Å². The number of nitrogens with zero attached hydrogens (tertiary/aromatic N) is 4. The van der Waals surface area contributed by atoms with Gasteiger partial charge in [0.15, 0.2) is 0 Å². The summed E-state index contributed by atoms with van der Waals surface area (Å²) in [5.41, 5.74) is 0.684. The number of aryl methyl sites for hydroxylation is 1. The Balaban J connectivity index is 1.70. The van der Waals surface area contributed by atoms with Gasteiger partial charge in [-0.25, -0.2) is 0 Å². The lowest BCUT2D eigenvalue weighted by molar-refractivity contribution is -0.136. The van der Waals surface area contributed by atoms with Crippen molar-refractivity contribution in [3.63, 3.8) is 0 Å². The molecule has 1 aromatic rings. The summed E-state index contributed by atoms with van der Waals surface area (Å²) in [5, 5.41) is 3.84. The first kappa shape index (κ1) is 17.0. The van der Waals surface area contributed by atoms with Gasteiger partial charge in [0.05, 0.1) is 12.1 Å². The SMILES string of the molecule is Cc1cc(CC(=O)N2CCN(C)C3(CCC(=O)N(C)CC3)C2)on1. The maximum Gasteiger partial charge on any atom is 0.230 e. The Hall–Kier alpha value is -1.89. The van der Waals surface area contributed by atoms with Gasteiger partial charge in [-0.1, -0.05) is 5.16 Å². The Morgan fingerprint density at radius 2 is 2.08 bits per heavy atom. The number of piperazine rings is 1. The van der Waals surface area contributed by atoms with Crippen LogP contribution in [0.4, 0.5) is 0 Å². The third-order valence-corrected chi connectivity index (χ3v) is 5.50. The van der Waals surface area contributed by atoms with Gasteiger partial charge in [0.2, 0.25) is 11.8 Å². The number of rotatable bonds is 2. The molecule has 0 N–H and O–H groups in total. The molecule has 0 aliphatic carbocycles. The summed E-state index contributed by atoms with van der Waals surface area (Å²) in [6.45, 7) is 4.82. The number of carbonyl (C=O) groups excluding carboxylic acids is 2. The van der Waals surface area contributed by atoms with Crippen LogP contribution in [-0.2, 0) is 16.0 Å². The van der Waals surface area contributed by atoms with Gasteiger partial charge in [0.25, 0.3) is 0 Å². The topological polar surface area (TPSA) is 69.9 Å². The number of likely N-dealkylation sites (N-methyl/N-ethyl adjacent to an activating group) is 1. The monoisotopic (exact) mass is 334 g/mol. The van der Waals surface area contributed by atoms with E-state index in [2.05, 4.69) is 17.1 Å². The fourth-order valence-corrected chi connectivity index (χ4v) is 3.73. The molecule has 0 radical (unpaired) electrons. The second-order valence-electron chi connectivity index (χ2n) is 7.14. The van der Waals surface area contributed by atoms with E-state index < -0.39 is 0 Å². The van der Waals surface area contributed by atoms with E-state index in [0.29, 0.717) is 25.3 Å². The molecule has 24 heavy (non-hydrogen) atoms. The summed E-state index contributed by atoms with van der Waals surface area (Å²) in [4.78, 5) is 30.7. The van der Waals surface area contributed by atoms with Crippen LogP contribution in [0.15, 0.2) is 10.6 Å². The summed E-state index contributed by atoms with van der Waals surface area (Å²) in [7, 11) is 3.97. The summed E-state index contributed by atoms with van der Waals surface area (Å²) < 4.78 is 5.17. The number of amides is 2. The summed E-state index contributed by atoms with van der Waals surface area (Å²) in [5.74, 6) is 0.879. The van der Waals surface area contributed by atoms with E-state index in [1.807, 2.05) is 24.9 Å². The molecule has 1 unspecified atom stereocenters. The van der Waals surface area contributed by atoms with Crippen molar-refractivity contribution in [1.82, 2.24) is 19.9 Å². The largest absolute Gasteiger partial charge is 0.361 e. The second-order valence-corrected chi connectivity index (χ2v) is 7.14. The highest BCUT2D eigenvalue weighted by molar-refractivity contribution is 5.79. The van der Waals surface area contributed by atoms with Crippen molar-refractivity contribution in [3.8, 4) is 0 Å². The van der Waals surface area contributed by atoms with Gasteiger partial charge in [0.1, 0.15) is 5.76 Å². The van der Waals surface area contributed by atoms with Gasteiger partial charge in [0, 0.05) is 51.3 Å². The van der Waals surface area contributed by atoms with Crippen molar-refractivity contribution >= 4 is 11.8 Å². The van der Waals surface area contributed by atoms with E-state index in [1.54, 1.807) is 4.90 Å². The van der Waals surface area contributed by atoms with E-state index in [0.717, 1.165) is 31.6 Å². The standard InChI is InChI=1S/C17H26N4O3/c1-13-10-14(24-18-13)11-16(23)21-9-8-20(3)17(12-21)5-4-15(22)19(2)7-6-17/h10H,4-9,11-12H2,1-3H3. The summed E-state index contributed by atoms with van der Waals surface area (Å²) >= 11 is 0. The molecule has 1 atom stereocenters. The molecule has 2 saturated heterocycles. The molecule has 7 heteroatoms. The first-order chi connectivity index (χ1) is 11.4. The quantitative estimate of drug-likeness (QED) is 0.795. The van der Waals surface area contributed by atoms with Crippen LogP contribution in [0.1, 0.15) is 30.7 Å². The average Bonchev–Trinajstić information content (AvgIpc) is 2.90. The molecule has 2 amide bonds. The van der Waals surface area contributed by atoms with E-state index in [4.69, 9.17) is 4.52 Å². The van der Waals surface area contributed by atoms with Crippen molar-refractivity contribution in [2.75, 3.05) is 40.3 Å². The van der Waals surface area contributed by atoms with Gasteiger partial charge < -0.3 is 14.3 Å². The minimum absolute atomic E-state index is 0.0718. The van der Waals surface area contributed by atoms with Crippen LogP contribution in [0.2, 0.25) is 0 Å². The van der Waals surface area contributed by atoms with Crippen molar-refractivity contribution in [3.05, 3.63) is 17.5 Å². The van der Waals surface area contributed by atoms with E-state index >= 15 is 0 Å². The Labute approximate surface area is 142 Å². The fraction of sp³-hybridized carbons (Fsp3) is 0.706. The predicted molar refractivity (Wildman–Crippen MR) is 88.4 cm³/mol. The molecule has 7 nitrogen and oxygen atoms in total. The maximum absolute atomic E-state index is 12.7. The zero-order chi connectivity index (χ0) is 17.3.